The maximum Gasteiger partial charge on any atom is 0.156 e. The Morgan fingerprint density at radius 1 is 1.06 bits per heavy atom. The van der Waals surface area contributed by atoms with Gasteiger partial charge in [0.05, 0.1) is 0 Å². The third kappa shape index (κ3) is 4.25. The molecule has 0 aromatic carbocycles. The molecule has 0 saturated heterocycles. The molecule has 3 heteroatoms. The molecular weight excluding hydrogens is 200 g/mol. The maximum atomic E-state index is 5.09. The summed E-state index contributed by atoms with van der Waals surface area (Å²) in [5.74, 6) is 0.892. The Morgan fingerprint density at radius 2 is 1.75 bits per heavy atom. The Balaban J connectivity index is 2.07. The van der Waals surface area contributed by atoms with Crippen molar-refractivity contribution in [3.8, 4) is 0 Å². The Labute approximate surface area is 98.6 Å². The minimum Gasteiger partial charge on any atom is -0.381 e. The van der Waals surface area contributed by atoms with Crippen molar-refractivity contribution in [1.82, 2.24) is 5.16 Å². The zero-order valence-corrected chi connectivity index (χ0v) is 10.8. The molecule has 0 unspecified atom stereocenters. The van der Waals surface area contributed by atoms with Crippen LogP contribution in [-0.2, 0) is 0 Å². The number of anilines is 1. The molecule has 0 bridgehead atoms. The van der Waals surface area contributed by atoms with Gasteiger partial charge in [-0.05, 0) is 20.3 Å². The van der Waals surface area contributed by atoms with Gasteiger partial charge in [0.2, 0.25) is 0 Å². The molecule has 1 rings (SSSR count). The minimum atomic E-state index is 0.892. The van der Waals surface area contributed by atoms with Crippen molar-refractivity contribution in [3.63, 3.8) is 0 Å². The van der Waals surface area contributed by atoms with Crippen LogP contribution in [0.15, 0.2) is 4.52 Å². The van der Waals surface area contributed by atoms with Gasteiger partial charge in [0.1, 0.15) is 11.4 Å². The number of nitrogens with zero attached hydrogens (tertiary/aromatic N) is 1. The smallest absolute Gasteiger partial charge is 0.156 e. The van der Waals surface area contributed by atoms with Gasteiger partial charge in [-0.1, -0.05) is 44.2 Å². The molecule has 1 aromatic heterocycles. The first kappa shape index (κ1) is 13.1. The second kappa shape index (κ2) is 7.31. The summed E-state index contributed by atoms with van der Waals surface area (Å²) in [6.45, 7) is 7.19. The number of hydrogen-bond acceptors (Lipinski definition) is 3. The van der Waals surface area contributed by atoms with Crippen molar-refractivity contribution < 1.29 is 4.52 Å². The Bertz CT molecular complexity index is 275. The van der Waals surface area contributed by atoms with Crippen LogP contribution >= 0.6 is 0 Å². The van der Waals surface area contributed by atoms with Crippen molar-refractivity contribution in [1.29, 1.82) is 0 Å². The number of unbranched alkanes of at least 4 members (excludes halogenated alkanes) is 5. The van der Waals surface area contributed by atoms with E-state index in [4.69, 9.17) is 4.52 Å². The van der Waals surface area contributed by atoms with E-state index in [0.29, 0.717) is 0 Å². The van der Waals surface area contributed by atoms with Gasteiger partial charge in [-0.3, -0.25) is 0 Å². The van der Waals surface area contributed by atoms with E-state index in [2.05, 4.69) is 17.4 Å². The molecule has 0 aliphatic heterocycles. The summed E-state index contributed by atoms with van der Waals surface area (Å²) in [4.78, 5) is 0. The van der Waals surface area contributed by atoms with E-state index >= 15 is 0 Å². The average molecular weight is 224 g/mol. The van der Waals surface area contributed by atoms with Crippen LogP contribution < -0.4 is 5.32 Å². The summed E-state index contributed by atoms with van der Waals surface area (Å²) in [7, 11) is 0. The topological polar surface area (TPSA) is 38.1 Å². The summed E-state index contributed by atoms with van der Waals surface area (Å²) in [5.41, 5.74) is 2.04. The van der Waals surface area contributed by atoms with Gasteiger partial charge in [-0.25, -0.2) is 0 Å². The molecule has 0 aliphatic rings. The van der Waals surface area contributed by atoms with E-state index in [1.807, 2.05) is 13.8 Å². The van der Waals surface area contributed by atoms with Crippen LogP contribution in [-0.4, -0.2) is 11.7 Å². The maximum absolute atomic E-state index is 5.09. The van der Waals surface area contributed by atoms with E-state index < -0.39 is 0 Å². The molecule has 0 amide bonds. The summed E-state index contributed by atoms with van der Waals surface area (Å²) >= 11 is 0. The largest absolute Gasteiger partial charge is 0.381 e. The highest BCUT2D eigenvalue weighted by Gasteiger charge is 2.06. The standard InChI is InChI=1S/C13H24N2O/c1-4-5-6-7-8-9-10-14-13-11(2)15-16-12(13)3/h14H,4-10H2,1-3H3. The molecule has 0 saturated carbocycles. The Hall–Kier alpha value is -0.990. The monoisotopic (exact) mass is 224 g/mol. The second-order valence-corrected chi connectivity index (χ2v) is 4.39. The molecule has 1 heterocycles. The first-order valence-corrected chi connectivity index (χ1v) is 6.42. The third-order valence-electron chi connectivity index (χ3n) is 2.87. The van der Waals surface area contributed by atoms with Gasteiger partial charge in [-0.2, -0.15) is 0 Å². The number of nitrogens with one attached hydrogen (secondary N) is 1. The van der Waals surface area contributed by atoms with Crippen molar-refractivity contribution in [2.45, 2.75) is 59.3 Å². The quantitative estimate of drug-likeness (QED) is 0.676. The fraction of sp³-hybridized carbons (Fsp3) is 0.769. The van der Waals surface area contributed by atoms with Crippen LogP contribution in [0, 0.1) is 13.8 Å². The van der Waals surface area contributed by atoms with Crippen molar-refractivity contribution in [2.75, 3.05) is 11.9 Å². The average Bonchev–Trinajstić information content (AvgIpc) is 2.59. The van der Waals surface area contributed by atoms with Gasteiger partial charge < -0.3 is 9.84 Å². The lowest BCUT2D eigenvalue weighted by molar-refractivity contribution is 0.393. The summed E-state index contributed by atoms with van der Waals surface area (Å²) < 4.78 is 5.09. The lowest BCUT2D eigenvalue weighted by Crippen LogP contribution is -2.02. The molecule has 1 aromatic rings. The van der Waals surface area contributed by atoms with Crippen molar-refractivity contribution in [2.24, 2.45) is 0 Å². The summed E-state index contributed by atoms with van der Waals surface area (Å²) in [5, 5.41) is 7.31. The Morgan fingerprint density at radius 3 is 2.38 bits per heavy atom. The van der Waals surface area contributed by atoms with Crippen LogP contribution in [0.3, 0.4) is 0 Å². The summed E-state index contributed by atoms with van der Waals surface area (Å²) in [6.07, 6.45) is 7.97. The van der Waals surface area contributed by atoms with Gasteiger partial charge in [-0.15, -0.1) is 0 Å². The van der Waals surface area contributed by atoms with Crippen LogP contribution in [0.5, 0.6) is 0 Å². The highest BCUT2D eigenvalue weighted by Crippen LogP contribution is 2.18. The number of aromatic nitrogens is 1. The highest BCUT2D eigenvalue weighted by molar-refractivity contribution is 5.49. The molecular formula is C13H24N2O. The van der Waals surface area contributed by atoms with Gasteiger partial charge >= 0.3 is 0 Å². The molecule has 1 N–H and O–H groups in total. The second-order valence-electron chi connectivity index (χ2n) is 4.39. The number of aryl methyl sites for hydroxylation is 2. The lowest BCUT2D eigenvalue weighted by atomic mass is 10.1. The first-order valence-electron chi connectivity index (χ1n) is 6.42. The molecule has 0 aliphatic carbocycles. The van der Waals surface area contributed by atoms with Gasteiger partial charge in [0.25, 0.3) is 0 Å². The van der Waals surface area contributed by atoms with Crippen molar-refractivity contribution in [3.05, 3.63) is 11.5 Å². The van der Waals surface area contributed by atoms with Crippen LogP contribution in [0.2, 0.25) is 0 Å². The fourth-order valence-corrected chi connectivity index (χ4v) is 1.85. The SMILES string of the molecule is CCCCCCCCNc1c(C)noc1C. The molecule has 3 nitrogen and oxygen atoms in total. The first-order chi connectivity index (χ1) is 7.75. The van der Waals surface area contributed by atoms with Gasteiger partial charge in [0.15, 0.2) is 5.76 Å². The van der Waals surface area contributed by atoms with Crippen LogP contribution in [0.25, 0.3) is 0 Å². The lowest BCUT2D eigenvalue weighted by Gasteiger charge is -2.05. The van der Waals surface area contributed by atoms with Gasteiger partial charge in [0, 0.05) is 6.54 Å². The van der Waals surface area contributed by atoms with Crippen LogP contribution in [0.1, 0.15) is 56.9 Å². The predicted molar refractivity (Wildman–Crippen MR) is 67.8 cm³/mol. The highest BCUT2D eigenvalue weighted by atomic mass is 16.5. The fourth-order valence-electron chi connectivity index (χ4n) is 1.85. The van der Waals surface area contributed by atoms with Crippen molar-refractivity contribution >= 4 is 5.69 Å². The van der Waals surface area contributed by atoms with E-state index in [1.54, 1.807) is 0 Å². The molecule has 92 valence electrons. The zero-order valence-electron chi connectivity index (χ0n) is 10.8. The zero-order chi connectivity index (χ0) is 11.8. The number of hydrogen-bond donors (Lipinski definition) is 1. The molecule has 0 spiro atoms. The Kier molecular flexibility index (Phi) is 5.98. The van der Waals surface area contributed by atoms with E-state index in [0.717, 1.165) is 23.7 Å². The molecule has 0 radical (unpaired) electrons. The number of rotatable bonds is 8. The molecule has 0 atom stereocenters. The summed E-state index contributed by atoms with van der Waals surface area (Å²) in [6, 6.07) is 0. The predicted octanol–water partition coefficient (Wildman–Crippen LogP) is 4.06. The normalized spacial score (nSPS) is 10.7. The minimum absolute atomic E-state index is 0.892. The molecule has 0 fully saturated rings. The van der Waals surface area contributed by atoms with E-state index in [9.17, 15) is 0 Å². The third-order valence-corrected chi connectivity index (χ3v) is 2.87. The van der Waals surface area contributed by atoms with Crippen LogP contribution in [0.4, 0.5) is 5.69 Å². The molecule has 16 heavy (non-hydrogen) atoms. The van der Waals surface area contributed by atoms with E-state index in [-0.39, 0.29) is 0 Å². The van der Waals surface area contributed by atoms with E-state index in [1.165, 1.54) is 38.5 Å².